The van der Waals surface area contributed by atoms with E-state index >= 15 is 0 Å². The lowest BCUT2D eigenvalue weighted by Gasteiger charge is -2.33. The van der Waals surface area contributed by atoms with Gasteiger partial charge in [-0.05, 0) is 12.5 Å². The van der Waals surface area contributed by atoms with Crippen molar-refractivity contribution in [3.05, 3.63) is 35.4 Å². The first-order valence-electron chi connectivity index (χ1n) is 7.07. The number of hydrogen-bond donors (Lipinski definition) is 2. The number of piperazine rings is 1. The highest BCUT2D eigenvalue weighted by atomic mass is 16.4. The van der Waals surface area contributed by atoms with Crippen molar-refractivity contribution < 1.29 is 14.7 Å². The maximum Gasteiger partial charge on any atom is 0.317 e. The molecular weight excluding hydrogens is 270 g/mol. The third-order valence-electron chi connectivity index (χ3n) is 3.54. The summed E-state index contributed by atoms with van der Waals surface area (Å²) in [6, 6.07) is 7.93. The van der Waals surface area contributed by atoms with Gasteiger partial charge in [-0.1, -0.05) is 29.8 Å². The van der Waals surface area contributed by atoms with Crippen molar-refractivity contribution in [3.63, 3.8) is 0 Å². The van der Waals surface area contributed by atoms with Crippen LogP contribution in [-0.4, -0.2) is 59.6 Å². The van der Waals surface area contributed by atoms with Crippen LogP contribution in [0.5, 0.6) is 0 Å². The minimum absolute atomic E-state index is 0.0404. The van der Waals surface area contributed by atoms with Crippen LogP contribution in [0.25, 0.3) is 0 Å². The number of urea groups is 1. The predicted molar refractivity (Wildman–Crippen MR) is 79.1 cm³/mol. The van der Waals surface area contributed by atoms with E-state index in [2.05, 4.69) is 5.32 Å². The van der Waals surface area contributed by atoms with Crippen LogP contribution in [0.4, 0.5) is 4.79 Å². The highest BCUT2D eigenvalue weighted by Crippen LogP contribution is 2.05. The number of amides is 2. The molecule has 2 N–H and O–H groups in total. The van der Waals surface area contributed by atoms with E-state index in [4.69, 9.17) is 5.11 Å². The molecule has 0 unspecified atom stereocenters. The third kappa shape index (κ3) is 4.75. The number of carboxylic acids is 1. The van der Waals surface area contributed by atoms with Crippen molar-refractivity contribution in [3.8, 4) is 0 Å². The molecule has 0 saturated carbocycles. The molecule has 2 rings (SSSR count). The average Bonchev–Trinajstić information content (AvgIpc) is 2.45. The van der Waals surface area contributed by atoms with Gasteiger partial charge in [0, 0.05) is 32.7 Å². The summed E-state index contributed by atoms with van der Waals surface area (Å²) in [6.45, 7) is 4.90. The fourth-order valence-corrected chi connectivity index (χ4v) is 2.41. The van der Waals surface area contributed by atoms with Gasteiger partial charge in [0.15, 0.2) is 0 Å². The molecule has 0 radical (unpaired) electrons. The van der Waals surface area contributed by atoms with Crippen molar-refractivity contribution in [1.82, 2.24) is 15.1 Å². The minimum atomic E-state index is -0.827. The Bertz CT molecular complexity index is 511. The van der Waals surface area contributed by atoms with Crippen molar-refractivity contribution in [2.75, 3.05) is 32.7 Å². The molecule has 6 nitrogen and oxygen atoms in total. The Balaban J connectivity index is 1.76. The number of aryl methyl sites for hydroxylation is 1. The molecule has 114 valence electrons. The molecule has 0 aliphatic carbocycles. The first kappa shape index (κ1) is 15.3. The van der Waals surface area contributed by atoms with Gasteiger partial charge in [0.2, 0.25) is 0 Å². The minimum Gasteiger partial charge on any atom is -0.480 e. The standard InChI is InChI=1S/C15H21N3O3/c1-12-3-2-4-13(9-12)10-16-15(21)18-7-5-17(6-8-18)11-14(19)20/h2-4,9H,5-8,10-11H2,1H3,(H,16,21)(H,19,20). The average molecular weight is 291 g/mol. The number of benzene rings is 1. The van der Waals surface area contributed by atoms with Crippen LogP contribution in [0.2, 0.25) is 0 Å². The maximum atomic E-state index is 12.1. The van der Waals surface area contributed by atoms with Gasteiger partial charge in [-0.3, -0.25) is 9.69 Å². The summed E-state index contributed by atoms with van der Waals surface area (Å²) in [4.78, 5) is 26.3. The number of aliphatic carboxylic acids is 1. The van der Waals surface area contributed by atoms with E-state index in [1.165, 1.54) is 5.56 Å². The smallest absolute Gasteiger partial charge is 0.317 e. The highest BCUT2D eigenvalue weighted by Gasteiger charge is 2.21. The lowest BCUT2D eigenvalue weighted by atomic mass is 10.1. The lowest BCUT2D eigenvalue weighted by molar-refractivity contribution is -0.138. The van der Waals surface area contributed by atoms with E-state index in [-0.39, 0.29) is 12.6 Å². The molecule has 1 aliphatic heterocycles. The van der Waals surface area contributed by atoms with Gasteiger partial charge in [0.05, 0.1) is 6.54 Å². The molecule has 1 aromatic carbocycles. The predicted octanol–water partition coefficient (Wildman–Crippen LogP) is 0.907. The zero-order chi connectivity index (χ0) is 15.2. The zero-order valence-corrected chi connectivity index (χ0v) is 12.2. The summed E-state index contributed by atoms with van der Waals surface area (Å²) >= 11 is 0. The monoisotopic (exact) mass is 291 g/mol. The summed E-state index contributed by atoms with van der Waals surface area (Å²) in [7, 11) is 0. The van der Waals surface area contributed by atoms with E-state index in [0.29, 0.717) is 32.7 Å². The molecule has 0 atom stereocenters. The molecule has 6 heteroatoms. The Labute approximate surface area is 124 Å². The molecule has 1 heterocycles. The van der Waals surface area contributed by atoms with Crippen LogP contribution < -0.4 is 5.32 Å². The van der Waals surface area contributed by atoms with Crippen molar-refractivity contribution >= 4 is 12.0 Å². The molecule has 1 aromatic rings. The number of carbonyl (C=O) groups excluding carboxylic acids is 1. The molecular formula is C15H21N3O3. The molecule has 1 fully saturated rings. The van der Waals surface area contributed by atoms with Crippen LogP contribution in [0, 0.1) is 6.92 Å². The Kier molecular flexibility index (Phi) is 5.16. The van der Waals surface area contributed by atoms with Crippen LogP contribution in [0.1, 0.15) is 11.1 Å². The Hall–Kier alpha value is -2.08. The SMILES string of the molecule is Cc1cccc(CNC(=O)N2CCN(CC(=O)O)CC2)c1. The van der Waals surface area contributed by atoms with Gasteiger partial charge in [-0.15, -0.1) is 0 Å². The normalized spacial score (nSPS) is 15.8. The fourth-order valence-electron chi connectivity index (χ4n) is 2.41. The fraction of sp³-hybridized carbons (Fsp3) is 0.467. The number of carboxylic acid groups (broad SMARTS) is 1. The van der Waals surface area contributed by atoms with E-state index in [9.17, 15) is 9.59 Å². The second-order valence-corrected chi connectivity index (χ2v) is 5.30. The van der Waals surface area contributed by atoms with Gasteiger partial charge in [-0.25, -0.2) is 4.79 Å². The van der Waals surface area contributed by atoms with Crippen molar-refractivity contribution in [1.29, 1.82) is 0 Å². The zero-order valence-electron chi connectivity index (χ0n) is 12.2. The van der Waals surface area contributed by atoms with E-state index in [1.54, 1.807) is 4.90 Å². The van der Waals surface area contributed by atoms with Crippen molar-refractivity contribution in [2.24, 2.45) is 0 Å². The van der Waals surface area contributed by atoms with E-state index in [0.717, 1.165) is 5.56 Å². The largest absolute Gasteiger partial charge is 0.480 e. The first-order chi connectivity index (χ1) is 10.0. The second kappa shape index (κ2) is 7.08. The number of nitrogens with zero attached hydrogens (tertiary/aromatic N) is 2. The summed E-state index contributed by atoms with van der Waals surface area (Å²) in [5, 5.41) is 11.6. The summed E-state index contributed by atoms with van der Waals surface area (Å²) in [5.74, 6) is -0.827. The molecule has 1 saturated heterocycles. The number of rotatable bonds is 4. The molecule has 21 heavy (non-hydrogen) atoms. The molecule has 1 aliphatic rings. The van der Waals surface area contributed by atoms with Crippen LogP contribution in [0.3, 0.4) is 0 Å². The van der Waals surface area contributed by atoms with E-state index in [1.807, 2.05) is 36.1 Å². The Morgan fingerprint density at radius 1 is 1.24 bits per heavy atom. The number of hydrogen-bond acceptors (Lipinski definition) is 3. The topological polar surface area (TPSA) is 72.9 Å². The van der Waals surface area contributed by atoms with Gasteiger partial charge in [0.1, 0.15) is 0 Å². The summed E-state index contributed by atoms with van der Waals surface area (Å²) in [5.41, 5.74) is 2.25. The molecule has 0 aromatic heterocycles. The van der Waals surface area contributed by atoms with Crippen LogP contribution in [0.15, 0.2) is 24.3 Å². The lowest BCUT2D eigenvalue weighted by Crippen LogP contribution is -2.52. The highest BCUT2D eigenvalue weighted by molar-refractivity contribution is 5.74. The van der Waals surface area contributed by atoms with Gasteiger partial charge < -0.3 is 15.3 Å². The van der Waals surface area contributed by atoms with Crippen molar-refractivity contribution in [2.45, 2.75) is 13.5 Å². The van der Waals surface area contributed by atoms with Crippen LogP contribution in [-0.2, 0) is 11.3 Å². The summed E-state index contributed by atoms with van der Waals surface area (Å²) in [6.07, 6.45) is 0. The van der Waals surface area contributed by atoms with Gasteiger partial charge in [0.25, 0.3) is 0 Å². The van der Waals surface area contributed by atoms with Gasteiger partial charge in [-0.2, -0.15) is 0 Å². The van der Waals surface area contributed by atoms with Gasteiger partial charge >= 0.3 is 12.0 Å². The van der Waals surface area contributed by atoms with E-state index < -0.39 is 5.97 Å². The Morgan fingerprint density at radius 2 is 1.95 bits per heavy atom. The summed E-state index contributed by atoms with van der Waals surface area (Å²) < 4.78 is 0. The number of carbonyl (C=O) groups is 2. The Morgan fingerprint density at radius 3 is 2.57 bits per heavy atom. The third-order valence-corrected chi connectivity index (χ3v) is 3.54. The first-order valence-corrected chi connectivity index (χ1v) is 7.07. The molecule has 0 spiro atoms. The maximum absolute atomic E-state index is 12.1. The number of nitrogens with one attached hydrogen (secondary N) is 1. The second-order valence-electron chi connectivity index (χ2n) is 5.30. The van der Waals surface area contributed by atoms with Crippen LogP contribution >= 0.6 is 0 Å². The molecule has 2 amide bonds. The quantitative estimate of drug-likeness (QED) is 0.865. The molecule has 0 bridgehead atoms.